The van der Waals surface area contributed by atoms with Crippen LogP contribution >= 0.6 is 0 Å². The summed E-state index contributed by atoms with van der Waals surface area (Å²) >= 11 is 0. The summed E-state index contributed by atoms with van der Waals surface area (Å²) in [7, 11) is 0. The van der Waals surface area contributed by atoms with E-state index in [-0.39, 0.29) is 17.8 Å². The third-order valence-electron chi connectivity index (χ3n) is 5.29. The molecule has 1 aromatic rings. The smallest absolute Gasteiger partial charge is 0.315 e. The number of fused-ring (bicyclic) bond motifs is 1. The number of hydrogen-bond donors (Lipinski definition) is 2. The lowest BCUT2D eigenvalue weighted by Gasteiger charge is -2.45. The number of ketones is 1. The molecule has 1 aromatic carbocycles. The summed E-state index contributed by atoms with van der Waals surface area (Å²) in [5.74, 6) is -1.68. The average molecular weight is 327 g/mol. The second kappa shape index (κ2) is 4.93. The zero-order valence-corrected chi connectivity index (χ0v) is 13.8. The fourth-order valence-corrected chi connectivity index (χ4v) is 4.34. The lowest BCUT2D eigenvalue weighted by Crippen LogP contribution is -2.58. The van der Waals surface area contributed by atoms with Crippen molar-refractivity contribution in [2.45, 2.75) is 38.3 Å². The maximum Gasteiger partial charge on any atom is 0.315 e. The minimum absolute atomic E-state index is 0.0457. The molecule has 5 heteroatoms. The third-order valence-corrected chi connectivity index (χ3v) is 5.29. The Kier molecular flexibility index (Phi) is 3.16. The molecule has 2 N–H and O–H groups in total. The second-order valence-corrected chi connectivity index (χ2v) is 7.86. The maximum absolute atomic E-state index is 12.9. The van der Waals surface area contributed by atoms with E-state index in [0.717, 1.165) is 11.3 Å². The van der Waals surface area contributed by atoms with E-state index in [0.29, 0.717) is 18.4 Å². The number of aliphatic hydroxyl groups is 1. The van der Waals surface area contributed by atoms with E-state index in [1.54, 1.807) is 0 Å². The molecular weight excluding hydrogens is 306 g/mol. The molecule has 2 aliphatic heterocycles. The molecule has 24 heavy (non-hydrogen) atoms. The van der Waals surface area contributed by atoms with Gasteiger partial charge in [-0.1, -0.05) is 44.2 Å². The molecule has 1 fully saturated rings. The fourth-order valence-electron chi connectivity index (χ4n) is 4.34. The molecule has 0 spiro atoms. The summed E-state index contributed by atoms with van der Waals surface area (Å²) in [4.78, 5) is 25.2. The van der Waals surface area contributed by atoms with Gasteiger partial charge in [-0.05, 0) is 17.4 Å². The number of ether oxygens (including phenoxy) is 1. The monoisotopic (exact) mass is 327 g/mol. The number of Topliss-reactive ketones (excluding diaryl/α,β-unsaturated/α-hetero) is 1. The molecule has 126 valence electrons. The number of cyclic esters (lactones) is 1. The van der Waals surface area contributed by atoms with Gasteiger partial charge in [0.15, 0.2) is 11.5 Å². The Hall–Kier alpha value is -2.14. The Labute approximate surface area is 140 Å². The van der Waals surface area contributed by atoms with Crippen LogP contribution in [-0.2, 0) is 14.3 Å². The second-order valence-electron chi connectivity index (χ2n) is 7.86. The summed E-state index contributed by atoms with van der Waals surface area (Å²) in [6, 6.07) is 9.46. The quantitative estimate of drug-likeness (QED) is 0.770. The Bertz CT molecular complexity index is 752. The molecule has 2 heterocycles. The van der Waals surface area contributed by atoms with Crippen LogP contribution in [0, 0.1) is 11.3 Å². The predicted octanol–water partition coefficient (Wildman–Crippen LogP) is 1.88. The first-order chi connectivity index (χ1) is 11.3. The van der Waals surface area contributed by atoms with Crippen molar-refractivity contribution >= 4 is 11.8 Å². The molecule has 0 radical (unpaired) electrons. The van der Waals surface area contributed by atoms with Gasteiger partial charge in [0, 0.05) is 23.6 Å². The van der Waals surface area contributed by atoms with Gasteiger partial charge in [-0.15, -0.1) is 0 Å². The van der Waals surface area contributed by atoms with E-state index in [4.69, 9.17) is 4.74 Å². The molecular formula is C19H21NO4. The standard InChI is InChI=1S/C19H21NO4/c1-18(2)8-12-15(13(21)9-18)14(11-6-4-3-5-7-11)16-17(22)24-10-19(16,23)20-12/h3-7,14,16,20,23H,8-10H2,1-2H3. The highest BCUT2D eigenvalue weighted by Gasteiger charge is 2.59. The first-order valence-electron chi connectivity index (χ1n) is 8.29. The first-order valence-corrected chi connectivity index (χ1v) is 8.29. The summed E-state index contributed by atoms with van der Waals surface area (Å²) in [5, 5.41) is 14.1. The number of allylic oxidation sites excluding steroid dienone is 2. The third kappa shape index (κ3) is 2.18. The zero-order chi connectivity index (χ0) is 17.1. The number of benzene rings is 1. The van der Waals surface area contributed by atoms with Crippen LogP contribution in [0.15, 0.2) is 41.6 Å². The van der Waals surface area contributed by atoms with Crippen LogP contribution in [0.1, 0.15) is 38.2 Å². The van der Waals surface area contributed by atoms with Gasteiger partial charge in [0.05, 0.1) is 0 Å². The number of carbonyl (C=O) groups excluding carboxylic acids is 2. The van der Waals surface area contributed by atoms with Gasteiger partial charge in [-0.25, -0.2) is 0 Å². The summed E-state index contributed by atoms with van der Waals surface area (Å²) in [6.45, 7) is 3.99. The van der Waals surface area contributed by atoms with Crippen molar-refractivity contribution in [1.82, 2.24) is 5.32 Å². The predicted molar refractivity (Wildman–Crippen MR) is 86.8 cm³/mol. The highest BCUT2D eigenvalue weighted by molar-refractivity contribution is 6.00. The van der Waals surface area contributed by atoms with Crippen molar-refractivity contribution in [1.29, 1.82) is 0 Å². The number of nitrogens with one attached hydrogen (secondary N) is 1. The molecule has 1 aliphatic carbocycles. The maximum atomic E-state index is 12.9. The lowest BCUT2D eigenvalue weighted by molar-refractivity contribution is -0.142. The number of rotatable bonds is 1. The molecule has 1 saturated heterocycles. The van der Waals surface area contributed by atoms with Crippen molar-refractivity contribution in [3.05, 3.63) is 47.2 Å². The topological polar surface area (TPSA) is 75.6 Å². The summed E-state index contributed by atoms with van der Waals surface area (Å²) in [6.07, 6.45) is 1.11. The van der Waals surface area contributed by atoms with Gasteiger partial charge in [0.1, 0.15) is 12.5 Å². The van der Waals surface area contributed by atoms with Crippen LogP contribution in [0.4, 0.5) is 0 Å². The zero-order valence-electron chi connectivity index (χ0n) is 13.8. The van der Waals surface area contributed by atoms with E-state index in [1.165, 1.54) is 0 Å². The normalized spacial score (nSPS) is 34.3. The fraction of sp³-hybridized carbons (Fsp3) is 0.474. The Morgan fingerprint density at radius 3 is 2.58 bits per heavy atom. The molecule has 3 unspecified atom stereocenters. The average Bonchev–Trinajstić information content (AvgIpc) is 2.80. The molecule has 3 aliphatic rings. The van der Waals surface area contributed by atoms with Gasteiger partial charge in [0.2, 0.25) is 0 Å². The Morgan fingerprint density at radius 2 is 1.88 bits per heavy atom. The van der Waals surface area contributed by atoms with Gasteiger partial charge < -0.3 is 15.2 Å². The van der Waals surface area contributed by atoms with Crippen LogP contribution in [0.25, 0.3) is 0 Å². The van der Waals surface area contributed by atoms with Crippen molar-refractivity contribution in [3.63, 3.8) is 0 Å². The molecule has 0 bridgehead atoms. The van der Waals surface area contributed by atoms with Gasteiger partial charge in [-0.2, -0.15) is 0 Å². The molecule has 4 rings (SSSR count). The van der Waals surface area contributed by atoms with E-state index in [1.807, 2.05) is 44.2 Å². The molecule has 3 atom stereocenters. The minimum atomic E-state index is -1.45. The minimum Gasteiger partial charge on any atom is -0.460 e. The van der Waals surface area contributed by atoms with Crippen LogP contribution < -0.4 is 5.32 Å². The van der Waals surface area contributed by atoms with Gasteiger partial charge in [-0.3, -0.25) is 9.59 Å². The lowest BCUT2D eigenvalue weighted by atomic mass is 9.65. The van der Waals surface area contributed by atoms with Gasteiger partial charge >= 0.3 is 5.97 Å². The molecule has 0 amide bonds. The van der Waals surface area contributed by atoms with Crippen molar-refractivity contribution in [2.75, 3.05) is 6.61 Å². The largest absolute Gasteiger partial charge is 0.460 e. The molecule has 5 nitrogen and oxygen atoms in total. The van der Waals surface area contributed by atoms with Crippen molar-refractivity contribution in [3.8, 4) is 0 Å². The van der Waals surface area contributed by atoms with E-state index in [9.17, 15) is 14.7 Å². The van der Waals surface area contributed by atoms with Crippen LogP contribution in [-0.4, -0.2) is 29.2 Å². The number of carbonyl (C=O) groups is 2. The van der Waals surface area contributed by atoms with E-state index in [2.05, 4.69) is 5.32 Å². The Balaban J connectivity index is 1.92. The summed E-state index contributed by atoms with van der Waals surface area (Å²) < 4.78 is 5.16. The number of hydrogen-bond acceptors (Lipinski definition) is 5. The number of esters is 1. The highest BCUT2D eigenvalue weighted by atomic mass is 16.6. The SMILES string of the molecule is CC1(C)CC(=O)C2=C(C1)NC1(O)COC(=O)C1C2c1ccccc1. The highest BCUT2D eigenvalue weighted by Crippen LogP contribution is 2.51. The van der Waals surface area contributed by atoms with Crippen LogP contribution in [0.5, 0.6) is 0 Å². The van der Waals surface area contributed by atoms with Crippen molar-refractivity contribution < 1.29 is 19.4 Å². The van der Waals surface area contributed by atoms with Gasteiger partial charge in [0.25, 0.3) is 0 Å². The Morgan fingerprint density at radius 1 is 1.17 bits per heavy atom. The van der Waals surface area contributed by atoms with Crippen molar-refractivity contribution in [2.24, 2.45) is 11.3 Å². The summed E-state index contributed by atoms with van der Waals surface area (Å²) in [5.41, 5.74) is 0.624. The molecule has 0 saturated carbocycles. The van der Waals surface area contributed by atoms with E-state index < -0.39 is 23.5 Å². The first kappa shape index (κ1) is 15.4. The van der Waals surface area contributed by atoms with Crippen LogP contribution in [0.2, 0.25) is 0 Å². The van der Waals surface area contributed by atoms with E-state index >= 15 is 0 Å². The van der Waals surface area contributed by atoms with Crippen LogP contribution in [0.3, 0.4) is 0 Å². The molecule has 0 aromatic heterocycles.